The highest BCUT2D eigenvalue weighted by Crippen LogP contribution is 2.32. The Morgan fingerprint density at radius 1 is 1.25 bits per heavy atom. The normalized spacial score (nSPS) is 10.6. The smallest absolute Gasteiger partial charge is 0.0934 e. The number of hydrogen-bond acceptors (Lipinski definition) is 3. The first-order valence-electron chi connectivity index (χ1n) is 5.53. The minimum absolute atomic E-state index is 1.03. The fraction of sp³-hybridized carbons (Fsp3) is 0.308. The predicted molar refractivity (Wildman–Crippen MR) is 71.4 cm³/mol. The minimum atomic E-state index is 1.03. The zero-order chi connectivity index (χ0) is 11.4. The van der Waals surface area contributed by atoms with E-state index in [0.29, 0.717) is 0 Å². The maximum absolute atomic E-state index is 4.37. The molecule has 1 aromatic heterocycles. The van der Waals surface area contributed by atoms with Crippen LogP contribution < -0.4 is 0 Å². The second-order valence-corrected chi connectivity index (χ2v) is 6.02. The number of rotatable bonds is 4. The standard InChI is InChI=1S/C13H15NS2/c1-3-10-6-5-7-11(8-10)15-13-9-14-12(4-2)16-13/h5-9H,3-4H2,1-2H3. The van der Waals surface area contributed by atoms with Crippen molar-refractivity contribution in [3.8, 4) is 0 Å². The average Bonchev–Trinajstić information content (AvgIpc) is 2.77. The Labute approximate surface area is 105 Å². The van der Waals surface area contributed by atoms with Crippen molar-refractivity contribution >= 4 is 23.1 Å². The van der Waals surface area contributed by atoms with Crippen LogP contribution >= 0.6 is 23.1 Å². The van der Waals surface area contributed by atoms with E-state index in [9.17, 15) is 0 Å². The molecule has 3 heteroatoms. The van der Waals surface area contributed by atoms with E-state index in [1.54, 1.807) is 11.3 Å². The molecule has 84 valence electrons. The summed E-state index contributed by atoms with van der Waals surface area (Å²) in [7, 11) is 0. The fourth-order valence-electron chi connectivity index (χ4n) is 1.45. The van der Waals surface area contributed by atoms with E-state index in [1.165, 1.54) is 19.7 Å². The van der Waals surface area contributed by atoms with Crippen LogP contribution in [-0.4, -0.2) is 4.98 Å². The summed E-state index contributed by atoms with van der Waals surface area (Å²) in [6.07, 6.45) is 4.10. The molecule has 1 aromatic carbocycles. The van der Waals surface area contributed by atoms with Gasteiger partial charge >= 0.3 is 0 Å². The Morgan fingerprint density at radius 2 is 2.12 bits per heavy atom. The largest absolute Gasteiger partial charge is 0.248 e. The van der Waals surface area contributed by atoms with Crippen LogP contribution in [0.1, 0.15) is 24.4 Å². The van der Waals surface area contributed by atoms with Gasteiger partial charge in [-0.1, -0.05) is 37.7 Å². The molecule has 0 saturated carbocycles. The number of benzene rings is 1. The maximum Gasteiger partial charge on any atom is 0.0934 e. The van der Waals surface area contributed by atoms with E-state index in [0.717, 1.165) is 12.8 Å². The van der Waals surface area contributed by atoms with Crippen molar-refractivity contribution in [3.05, 3.63) is 41.0 Å². The van der Waals surface area contributed by atoms with Gasteiger partial charge < -0.3 is 0 Å². The molecule has 0 amide bonds. The van der Waals surface area contributed by atoms with Gasteiger partial charge in [-0.15, -0.1) is 11.3 Å². The second kappa shape index (κ2) is 5.51. The van der Waals surface area contributed by atoms with Crippen LogP contribution in [0.15, 0.2) is 39.6 Å². The predicted octanol–water partition coefficient (Wildman–Crippen LogP) is 4.42. The van der Waals surface area contributed by atoms with Gasteiger partial charge in [-0.3, -0.25) is 0 Å². The maximum atomic E-state index is 4.37. The van der Waals surface area contributed by atoms with E-state index in [2.05, 4.69) is 43.1 Å². The molecule has 0 saturated heterocycles. The molecular weight excluding hydrogens is 234 g/mol. The molecule has 0 N–H and O–H groups in total. The minimum Gasteiger partial charge on any atom is -0.248 e. The van der Waals surface area contributed by atoms with Crippen LogP contribution in [0.25, 0.3) is 0 Å². The Kier molecular flexibility index (Phi) is 4.02. The zero-order valence-corrected chi connectivity index (χ0v) is 11.2. The average molecular weight is 249 g/mol. The topological polar surface area (TPSA) is 12.9 Å². The van der Waals surface area contributed by atoms with Crippen molar-refractivity contribution in [3.63, 3.8) is 0 Å². The summed E-state index contributed by atoms with van der Waals surface area (Å²) in [6.45, 7) is 4.33. The van der Waals surface area contributed by atoms with Gasteiger partial charge in [-0.05, 0) is 30.5 Å². The fourth-order valence-corrected chi connectivity index (χ4v) is 3.48. The van der Waals surface area contributed by atoms with Crippen molar-refractivity contribution in [2.24, 2.45) is 0 Å². The van der Waals surface area contributed by atoms with Crippen LogP contribution in [-0.2, 0) is 12.8 Å². The SMILES string of the molecule is CCc1cccc(Sc2cnc(CC)s2)c1. The Hall–Kier alpha value is -0.800. The summed E-state index contributed by atoms with van der Waals surface area (Å²) in [5.41, 5.74) is 1.39. The van der Waals surface area contributed by atoms with E-state index in [-0.39, 0.29) is 0 Å². The van der Waals surface area contributed by atoms with Gasteiger partial charge in [0.2, 0.25) is 0 Å². The molecule has 0 fully saturated rings. The molecule has 2 aromatic rings. The monoisotopic (exact) mass is 249 g/mol. The lowest BCUT2D eigenvalue weighted by atomic mass is 10.2. The molecular formula is C13H15NS2. The number of nitrogens with zero attached hydrogens (tertiary/aromatic N) is 1. The van der Waals surface area contributed by atoms with Crippen molar-refractivity contribution in [2.75, 3.05) is 0 Å². The molecule has 0 atom stereocenters. The van der Waals surface area contributed by atoms with E-state index >= 15 is 0 Å². The lowest BCUT2D eigenvalue weighted by molar-refractivity contribution is 1.09. The van der Waals surface area contributed by atoms with Gasteiger partial charge in [0.25, 0.3) is 0 Å². The Morgan fingerprint density at radius 3 is 2.81 bits per heavy atom. The number of aromatic nitrogens is 1. The van der Waals surface area contributed by atoms with E-state index in [1.807, 2.05) is 18.0 Å². The molecule has 0 radical (unpaired) electrons. The van der Waals surface area contributed by atoms with Gasteiger partial charge in [0.1, 0.15) is 0 Å². The summed E-state index contributed by atoms with van der Waals surface area (Å²) in [5, 5.41) is 1.22. The highest BCUT2D eigenvalue weighted by atomic mass is 32.2. The first-order chi connectivity index (χ1) is 7.81. The number of aryl methyl sites for hydroxylation is 2. The summed E-state index contributed by atoms with van der Waals surface area (Å²) >= 11 is 3.60. The molecule has 0 aliphatic carbocycles. The first-order valence-corrected chi connectivity index (χ1v) is 7.16. The van der Waals surface area contributed by atoms with Crippen LogP contribution in [0.2, 0.25) is 0 Å². The Balaban J connectivity index is 2.13. The van der Waals surface area contributed by atoms with Gasteiger partial charge in [-0.2, -0.15) is 0 Å². The van der Waals surface area contributed by atoms with Crippen LogP contribution in [0, 0.1) is 0 Å². The zero-order valence-electron chi connectivity index (χ0n) is 9.56. The van der Waals surface area contributed by atoms with Gasteiger partial charge in [0.05, 0.1) is 15.4 Å². The third-order valence-electron chi connectivity index (χ3n) is 2.36. The molecule has 0 spiro atoms. The molecule has 0 bridgehead atoms. The van der Waals surface area contributed by atoms with E-state index < -0.39 is 0 Å². The van der Waals surface area contributed by atoms with Crippen molar-refractivity contribution in [1.29, 1.82) is 0 Å². The molecule has 0 aliphatic rings. The second-order valence-electron chi connectivity index (χ2n) is 3.53. The summed E-state index contributed by atoms with van der Waals surface area (Å²) in [4.78, 5) is 5.68. The van der Waals surface area contributed by atoms with Crippen LogP contribution in [0.3, 0.4) is 0 Å². The van der Waals surface area contributed by atoms with Crippen LogP contribution in [0.4, 0.5) is 0 Å². The van der Waals surface area contributed by atoms with Gasteiger partial charge in [-0.25, -0.2) is 4.98 Å². The lowest BCUT2D eigenvalue weighted by Gasteiger charge is -2.00. The quantitative estimate of drug-likeness (QED) is 0.795. The molecule has 16 heavy (non-hydrogen) atoms. The summed E-state index contributed by atoms with van der Waals surface area (Å²) in [5.74, 6) is 0. The molecule has 1 heterocycles. The van der Waals surface area contributed by atoms with Gasteiger partial charge in [0.15, 0.2) is 0 Å². The van der Waals surface area contributed by atoms with Gasteiger partial charge in [0, 0.05) is 4.90 Å². The number of hydrogen-bond donors (Lipinski definition) is 0. The molecule has 2 rings (SSSR count). The van der Waals surface area contributed by atoms with Crippen molar-refractivity contribution in [2.45, 2.75) is 35.8 Å². The van der Waals surface area contributed by atoms with E-state index in [4.69, 9.17) is 0 Å². The highest BCUT2D eigenvalue weighted by molar-refractivity contribution is 8.01. The highest BCUT2D eigenvalue weighted by Gasteiger charge is 2.02. The lowest BCUT2D eigenvalue weighted by Crippen LogP contribution is -1.79. The Bertz CT molecular complexity index is 462. The summed E-state index contributed by atoms with van der Waals surface area (Å²) < 4.78 is 1.28. The molecule has 0 unspecified atom stereocenters. The molecule has 0 aliphatic heterocycles. The number of thiazole rings is 1. The first kappa shape index (κ1) is 11.7. The van der Waals surface area contributed by atoms with Crippen molar-refractivity contribution in [1.82, 2.24) is 4.98 Å². The summed E-state index contributed by atoms with van der Waals surface area (Å²) in [6, 6.07) is 8.72. The van der Waals surface area contributed by atoms with Crippen molar-refractivity contribution < 1.29 is 0 Å². The third kappa shape index (κ3) is 2.86. The van der Waals surface area contributed by atoms with Crippen LogP contribution in [0.5, 0.6) is 0 Å². The molecule has 1 nitrogen and oxygen atoms in total. The third-order valence-corrected chi connectivity index (χ3v) is 4.59.